The Labute approximate surface area is 400 Å². The fourth-order valence-corrected chi connectivity index (χ4v) is 15.0. The van der Waals surface area contributed by atoms with Crippen molar-refractivity contribution in [1.29, 1.82) is 0 Å². The van der Waals surface area contributed by atoms with Gasteiger partial charge >= 0.3 is 0 Å². The van der Waals surface area contributed by atoms with Crippen LogP contribution in [-0.4, -0.2) is 17.8 Å². The van der Waals surface area contributed by atoms with E-state index in [1.54, 1.807) is 5.56 Å². The van der Waals surface area contributed by atoms with Crippen LogP contribution in [0.25, 0.3) is 11.1 Å². The van der Waals surface area contributed by atoms with Crippen LogP contribution in [0.1, 0.15) is 126 Å². The number of aryl methyl sites for hydroxylation is 2. The number of rotatable bonds is 4. The number of fused-ring (bicyclic) bond motifs is 10. The molecule has 4 unspecified atom stereocenters. The van der Waals surface area contributed by atoms with Gasteiger partial charge in [0.15, 0.2) is 0 Å². The molecule has 2 aliphatic carbocycles. The van der Waals surface area contributed by atoms with Crippen LogP contribution in [0.2, 0.25) is 0 Å². The molecule has 4 heteroatoms. The maximum Gasteiger partial charge on any atom is 0.252 e. The molecule has 7 aromatic rings. The second kappa shape index (κ2) is 14.0. The van der Waals surface area contributed by atoms with E-state index in [4.69, 9.17) is 0 Å². The van der Waals surface area contributed by atoms with E-state index in [-0.39, 0.29) is 34.0 Å². The number of hydrogen-bond acceptors (Lipinski definition) is 3. The maximum absolute atomic E-state index is 2.96. The molecule has 4 aliphatic heterocycles. The van der Waals surface area contributed by atoms with Gasteiger partial charge in [0.1, 0.15) is 0 Å². The van der Waals surface area contributed by atoms with E-state index in [1.165, 1.54) is 127 Å². The summed E-state index contributed by atoms with van der Waals surface area (Å²) in [6.45, 7) is 19.7. The molecule has 4 heterocycles. The minimum atomic E-state index is -0.199. The molecule has 7 aromatic carbocycles. The Balaban J connectivity index is 1.16. The Hall–Kier alpha value is -6.00. The zero-order valence-electron chi connectivity index (χ0n) is 40.9. The molecule has 0 amide bonds. The molecule has 2 fully saturated rings. The fourth-order valence-electron chi connectivity index (χ4n) is 15.0. The Morgan fingerprint density at radius 3 is 1.90 bits per heavy atom. The van der Waals surface area contributed by atoms with Gasteiger partial charge in [-0.3, -0.25) is 0 Å². The van der Waals surface area contributed by atoms with E-state index >= 15 is 0 Å². The van der Waals surface area contributed by atoms with Crippen molar-refractivity contribution in [2.24, 2.45) is 0 Å². The highest BCUT2D eigenvalue weighted by molar-refractivity contribution is 7.00. The minimum absolute atomic E-state index is 0.0175. The van der Waals surface area contributed by atoms with Crippen LogP contribution in [-0.2, 0) is 16.2 Å². The molecule has 334 valence electrons. The molecule has 0 N–H and O–H groups in total. The summed E-state index contributed by atoms with van der Waals surface area (Å²) >= 11 is 0. The minimum Gasteiger partial charge on any atom is -0.335 e. The predicted octanol–water partition coefficient (Wildman–Crippen LogP) is 14.4. The summed E-state index contributed by atoms with van der Waals surface area (Å²) in [6.07, 6.45) is 9.55. The Bertz CT molecular complexity index is 3170. The summed E-state index contributed by atoms with van der Waals surface area (Å²) in [7, 11) is 0. The molecule has 67 heavy (non-hydrogen) atoms. The van der Waals surface area contributed by atoms with Crippen molar-refractivity contribution in [3.05, 3.63) is 179 Å². The first-order valence-electron chi connectivity index (χ1n) is 25.5. The van der Waals surface area contributed by atoms with Crippen molar-refractivity contribution in [2.75, 3.05) is 14.7 Å². The standard InChI is InChI=1S/C63H64BN3/c1-41-23-27-47(28-24-41)65-54-29-25-42(2)35-51(54)64-52-38-46(59(3,4)5)37-50-58(52)67(62(8)33-17-18-34-63(50,62)45-21-13-10-14-22-45)56-40-48(39-55(65)57(56)64)66-53-30-26-44(43-19-11-9-12-20-43)36-49(53)60(6)31-15-16-32-61(60,66)7/h9-14,19-30,35-40H,15-18,31-34H2,1-8H3. The number of nitrogens with zero attached hydrogens (tertiary/aromatic N) is 3. The lowest BCUT2D eigenvalue weighted by molar-refractivity contribution is 0.195. The average Bonchev–Trinajstić information content (AvgIpc) is 3.70. The highest BCUT2D eigenvalue weighted by atomic mass is 15.3. The predicted molar refractivity (Wildman–Crippen MR) is 285 cm³/mol. The monoisotopic (exact) mass is 874 g/mol. The first kappa shape index (κ1) is 41.2. The average molecular weight is 874 g/mol. The van der Waals surface area contributed by atoms with Gasteiger partial charge in [-0.2, -0.15) is 0 Å². The third-order valence-electron chi connectivity index (χ3n) is 18.5. The Kier molecular flexibility index (Phi) is 8.63. The van der Waals surface area contributed by atoms with Gasteiger partial charge in [-0.15, -0.1) is 0 Å². The molecule has 2 saturated carbocycles. The summed E-state index contributed by atoms with van der Waals surface area (Å²) in [6, 6.07) is 57.5. The van der Waals surface area contributed by atoms with E-state index in [0.717, 1.165) is 19.3 Å². The van der Waals surface area contributed by atoms with Crippen molar-refractivity contribution in [3.63, 3.8) is 0 Å². The van der Waals surface area contributed by atoms with Crippen LogP contribution in [0.15, 0.2) is 146 Å². The largest absolute Gasteiger partial charge is 0.335 e. The second-order valence-electron chi connectivity index (χ2n) is 23.1. The van der Waals surface area contributed by atoms with Crippen LogP contribution in [0.4, 0.5) is 39.8 Å². The van der Waals surface area contributed by atoms with Gasteiger partial charge < -0.3 is 14.7 Å². The number of hydrogen-bond donors (Lipinski definition) is 0. The molecule has 13 rings (SSSR count). The molecular weight excluding hydrogens is 810 g/mol. The normalized spacial score (nSPS) is 25.3. The lowest BCUT2D eigenvalue weighted by Gasteiger charge is -2.54. The molecule has 0 bridgehead atoms. The summed E-state index contributed by atoms with van der Waals surface area (Å²) in [5.74, 6) is 0. The number of anilines is 7. The summed E-state index contributed by atoms with van der Waals surface area (Å²) in [5.41, 5.74) is 24.4. The van der Waals surface area contributed by atoms with Crippen LogP contribution in [0, 0.1) is 13.8 Å². The van der Waals surface area contributed by atoms with E-state index in [0.29, 0.717) is 0 Å². The molecule has 0 saturated heterocycles. The first-order valence-corrected chi connectivity index (χ1v) is 25.5. The lowest BCUT2D eigenvalue weighted by atomic mass is 9.33. The van der Waals surface area contributed by atoms with Gasteiger partial charge in [-0.1, -0.05) is 168 Å². The van der Waals surface area contributed by atoms with Crippen molar-refractivity contribution in [2.45, 2.75) is 134 Å². The van der Waals surface area contributed by atoms with E-state index < -0.39 is 0 Å². The molecule has 3 nitrogen and oxygen atoms in total. The maximum atomic E-state index is 2.96. The third-order valence-corrected chi connectivity index (χ3v) is 18.5. The van der Waals surface area contributed by atoms with Gasteiger partial charge in [0, 0.05) is 50.6 Å². The zero-order chi connectivity index (χ0) is 45.8. The van der Waals surface area contributed by atoms with E-state index in [2.05, 4.69) is 216 Å². The summed E-state index contributed by atoms with van der Waals surface area (Å²) in [4.78, 5) is 8.46. The number of benzene rings is 7. The highest BCUT2D eigenvalue weighted by Crippen LogP contribution is 2.66. The van der Waals surface area contributed by atoms with Crippen LogP contribution in [0.5, 0.6) is 0 Å². The lowest BCUT2D eigenvalue weighted by Crippen LogP contribution is -2.65. The molecular formula is C63H64BN3. The SMILES string of the molecule is Cc1ccc(N2c3ccc(C)cc3B3c4cc(C(C)(C)C)cc5c4N(c4cc(N6c7ccc(-c8ccccc8)cc7C7(C)CCCCC67C)cc2c43)C2(C)CCCCC52c2ccccc2)cc1. The zero-order valence-corrected chi connectivity index (χ0v) is 40.9. The Morgan fingerprint density at radius 2 is 1.15 bits per heavy atom. The topological polar surface area (TPSA) is 9.72 Å². The highest BCUT2D eigenvalue weighted by Gasteiger charge is 2.65. The van der Waals surface area contributed by atoms with Crippen molar-refractivity contribution >= 4 is 62.9 Å². The van der Waals surface area contributed by atoms with Gasteiger partial charge in [0.05, 0.1) is 11.1 Å². The van der Waals surface area contributed by atoms with Crippen molar-refractivity contribution < 1.29 is 0 Å². The van der Waals surface area contributed by atoms with Crippen molar-refractivity contribution in [3.8, 4) is 11.1 Å². The molecule has 4 atom stereocenters. The van der Waals surface area contributed by atoms with Crippen LogP contribution < -0.4 is 31.1 Å². The first-order chi connectivity index (χ1) is 32.3. The Morgan fingerprint density at radius 1 is 0.493 bits per heavy atom. The quantitative estimate of drug-likeness (QED) is 0.163. The van der Waals surface area contributed by atoms with Gasteiger partial charge in [-0.25, -0.2) is 0 Å². The smallest absolute Gasteiger partial charge is 0.252 e. The van der Waals surface area contributed by atoms with Crippen molar-refractivity contribution in [1.82, 2.24) is 0 Å². The third kappa shape index (κ3) is 5.36. The second-order valence-corrected chi connectivity index (χ2v) is 23.1. The molecule has 6 aliphatic rings. The molecule has 0 spiro atoms. The fraction of sp³-hybridized carbons (Fsp3) is 0.333. The van der Waals surface area contributed by atoms with E-state index in [1.807, 2.05) is 0 Å². The summed E-state index contributed by atoms with van der Waals surface area (Å²) in [5, 5.41) is 0. The van der Waals surface area contributed by atoms with Gasteiger partial charge in [0.2, 0.25) is 0 Å². The van der Waals surface area contributed by atoms with Crippen LogP contribution >= 0.6 is 0 Å². The molecule has 0 radical (unpaired) electrons. The van der Waals surface area contributed by atoms with E-state index in [9.17, 15) is 0 Å². The van der Waals surface area contributed by atoms with Crippen LogP contribution in [0.3, 0.4) is 0 Å². The van der Waals surface area contributed by atoms with Gasteiger partial charge in [0.25, 0.3) is 6.71 Å². The van der Waals surface area contributed by atoms with Gasteiger partial charge in [-0.05, 0) is 151 Å². The summed E-state index contributed by atoms with van der Waals surface area (Å²) < 4.78 is 0. The molecule has 0 aromatic heterocycles.